The van der Waals surface area contributed by atoms with Crippen molar-refractivity contribution in [3.63, 3.8) is 0 Å². The van der Waals surface area contributed by atoms with Crippen molar-refractivity contribution in [3.05, 3.63) is 12.5 Å². The highest BCUT2D eigenvalue weighted by atomic mass is 35.5. The molecule has 3 heterocycles. The molecular weight excluding hydrogens is 338 g/mol. The van der Waals surface area contributed by atoms with Crippen LogP contribution < -0.4 is 5.32 Å². The first kappa shape index (κ1) is 18.7. The maximum absolute atomic E-state index is 12.7. The Morgan fingerprint density at radius 3 is 2.57 bits per heavy atom. The maximum atomic E-state index is 12.7. The van der Waals surface area contributed by atoms with E-state index < -0.39 is 10.0 Å². The van der Waals surface area contributed by atoms with E-state index in [0.717, 1.165) is 32.6 Å². The van der Waals surface area contributed by atoms with Crippen LogP contribution in [0.3, 0.4) is 0 Å². The lowest BCUT2D eigenvalue weighted by atomic mass is 10.2. The summed E-state index contributed by atoms with van der Waals surface area (Å²) in [7, 11) is -3.46. The van der Waals surface area contributed by atoms with Crippen molar-refractivity contribution in [2.75, 3.05) is 39.3 Å². The highest BCUT2D eigenvalue weighted by Crippen LogP contribution is 2.23. The summed E-state index contributed by atoms with van der Waals surface area (Å²) in [6, 6.07) is 0.549. The number of aromatic nitrogens is 2. The quantitative estimate of drug-likeness (QED) is 0.846. The van der Waals surface area contributed by atoms with Crippen LogP contribution in [-0.2, 0) is 10.0 Å². The second kappa shape index (κ2) is 7.48. The van der Waals surface area contributed by atoms with Gasteiger partial charge in [0.05, 0.1) is 6.33 Å². The van der Waals surface area contributed by atoms with Crippen LogP contribution in [-0.4, -0.2) is 72.5 Å². The molecular formula is C14H26ClN5O2S. The Labute approximate surface area is 144 Å². The van der Waals surface area contributed by atoms with Crippen molar-refractivity contribution in [3.8, 4) is 0 Å². The van der Waals surface area contributed by atoms with Crippen LogP contribution in [0.25, 0.3) is 0 Å². The molecule has 0 spiro atoms. The number of halogens is 1. The first-order chi connectivity index (χ1) is 10.5. The normalized spacial score (nSPS) is 24.0. The van der Waals surface area contributed by atoms with Gasteiger partial charge in [-0.2, -0.15) is 4.31 Å². The van der Waals surface area contributed by atoms with Gasteiger partial charge in [-0.05, 0) is 20.3 Å². The van der Waals surface area contributed by atoms with Gasteiger partial charge in [-0.1, -0.05) is 0 Å². The van der Waals surface area contributed by atoms with Crippen molar-refractivity contribution in [1.82, 2.24) is 24.1 Å². The molecule has 2 saturated heterocycles. The molecule has 1 aromatic rings. The van der Waals surface area contributed by atoms with E-state index in [2.05, 4.69) is 15.2 Å². The fraction of sp³-hybridized carbons (Fsp3) is 0.786. The number of imidazole rings is 1. The number of hydrogen-bond donors (Lipinski definition) is 1. The number of nitrogens with zero attached hydrogens (tertiary/aromatic N) is 4. The lowest BCUT2D eigenvalue weighted by molar-refractivity contribution is 0.179. The van der Waals surface area contributed by atoms with E-state index in [9.17, 15) is 8.42 Å². The summed E-state index contributed by atoms with van der Waals surface area (Å²) in [6.07, 6.45) is 4.14. The summed E-state index contributed by atoms with van der Waals surface area (Å²) >= 11 is 0. The summed E-state index contributed by atoms with van der Waals surface area (Å²) in [5.74, 6) is 0. The van der Waals surface area contributed by atoms with E-state index in [0.29, 0.717) is 19.1 Å². The molecule has 7 nitrogen and oxygen atoms in total. The van der Waals surface area contributed by atoms with E-state index in [1.54, 1.807) is 16.8 Å². The molecule has 3 rings (SSSR count). The van der Waals surface area contributed by atoms with Crippen LogP contribution in [0.2, 0.25) is 0 Å². The van der Waals surface area contributed by atoms with Gasteiger partial charge in [0.25, 0.3) is 10.0 Å². The maximum Gasteiger partial charge on any atom is 0.262 e. The smallest absolute Gasteiger partial charge is 0.262 e. The van der Waals surface area contributed by atoms with Gasteiger partial charge >= 0.3 is 0 Å². The molecule has 0 aromatic carbocycles. The van der Waals surface area contributed by atoms with Gasteiger partial charge in [-0.3, -0.25) is 4.90 Å². The molecule has 1 atom stereocenters. The highest BCUT2D eigenvalue weighted by Gasteiger charge is 2.36. The van der Waals surface area contributed by atoms with E-state index in [4.69, 9.17) is 0 Å². The number of hydrogen-bond acceptors (Lipinski definition) is 5. The fourth-order valence-electron chi connectivity index (χ4n) is 3.14. The molecule has 0 saturated carbocycles. The second-order valence-electron chi connectivity index (χ2n) is 6.34. The zero-order valence-corrected chi connectivity index (χ0v) is 15.3. The van der Waals surface area contributed by atoms with Gasteiger partial charge < -0.3 is 9.88 Å². The molecule has 2 fully saturated rings. The van der Waals surface area contributed by atoms with Crippen LogP contribution in [0.4, 0.5) is 0 Å². The molecule has 1 aromatic heterocycles. The lowest BCUT2D eigenvalue weighted by Crippen LogP contribution is -2.49. The zero-order valence-electron chi connectivity index (χ0n) is 13.7. The summed E-state index contributed by atoms with van der Waals surface area (Å²) in [6.45, 7) is 9.16. The van der Waals surface area contributed by atoms with Gasteiger partial charge in [0.2, 0.25) is 0 Å². The van der Waals surface area contributed by atoms with Gasteiger partial charge in [0, 0.05) is 57.5 Å². The third kappa shape index (κ3) is 3.88. The third-order valence-corrected chi connectivity index (χ3v) is 6.32. The van der Waals surface area contributed by atoms with Crippen LogP contribution in [0.5, 0.6) is 0 Å². The van der Waals surface area contributed by atoms with E-state index in [-0.39, 0.29) is 23.5 Å². The minimum absolute atomic E-state index is 0. The molecule has 0 amide bonds. The van der Waals surface area contributed by atoms with Crippen molar-refractivity contribution in [1.29, 1.82) is 0 Å². The molecule has 0 bridgehead atoms. The number of rotatable bonds is 4. The van der Waals surface area contributed by atoms with Crippen LogP contribution in [0.15, 0.2) is 17.6 Å². The second-order valence-corrected chi connectivity index (χ2v) is 8.23. The highest BCUT2D eigenvalue weighted by molar-refractivity contribution is 7.89. The van der Waals surface area contributed by atoms with Gasteiger partial charge in [0.1, 0.15) is 0 Å². The van der Waals surface area contributed by atoms with Gasteiger partial charge in [-0.25, -0.2) is 13.4 Å². The fourth-order valence-corrected chi connectivity index (χ4v) is 4.55. The van der Waals surface area contributed by atoms with Crippen LogP contribution in [0.1, 0.15) is 26.3 Å². The molecule has 0 radical (unpaired) electrons. The molecule has 132 valence electrons. The Kier molecular flexibility index (Phi) is 6.07. The first-order valence-corrected chi connectivity index (χ1v) is 9.41. The minimum Gasteiger partial charge on any atom is -0.334 e. The molecule has 9 heteroatoms. The first-order valence-electron chi connectivity index (χ1n) is 7.97. The predicted octanol–water partition coefficient (Wildman–Crippen LogP) is 0.554. The van der Waals surface area contributed by atoms with Crippen molar-refractivity contribution in [2.45, 2.75) is 37.4 Å². The number of nitrogens with one attached hydrogen (secondary N) is 1. The minimum atomic E-state index is -3.46. The lowest BCUT2D eigenvalue weighted by Gasteiger charge is -2.32. The average molecular weight is 364 g/mol. The molecule has 23 heavy (non-hydrogen) atoms. The Bertz CT molecular complexity index is 612. The summed E-state index contributed by atoms with van der Waals surface area (Å²) in [5, 5.41) is 3.50. The number of piperazine rings is 1. The summed E-state index contributed by atoms with van der Waals surface area (Å²) in [5.41, 5.74) is 0. The Morgan fingerprint density at radius 2 is 1.96 bits per heavy atom. The average Bonchev–Trinajstić information content (AvgIpc) is 3.18. The van der Waals surface area contributed by atoms with Gasteiger partial charge in [0.15, 0.2) is 5.03 Å². The topological polar surface area (TPSA) is 70.5 Å². The summed E-state index contributed by atoms with van der Waals surface area (Å²) < 4.78 is 28.9. The molecule has 2 aliphatic rings. The van der Waals surface area contributed by atoms with Gasteiger partial charge in [-0.15, -0.1) is 12.4 Å². The monoisotopic (exact) mass is 363 g/mol. The molecule has 2 aliphatic heterocycles. The Morgan fingerprint density at radius 1 is 1.26 bits per heavy atom. The Hall–Kier alpha value is -0.670. The zero-order chi connectivity index (χ0) is 15.7. The third-order valence-electron chi connectivity index (χ3n) is 4.57. The van der Waals surface area contributed by atoms with Crippen LogP contribution >= 0.6 is 12.4 Å². The predicted molar refractivity (Wildman–Crippen MR) is 91.5 cm³/mol. The van der Waals surface area contributed by atoms with E-state index in [1.165, 1.54) is 0 Å². The van der Waals surface area contributed by atoms with Crippen molar-refractivity contribution < 1.29 is 8.42 Å². The molecule has 0 aliphatic carbocycles. The number of sulfonamides is 1. The largest absolute Gasteiger partial charge is 0.334 e. The summed E-state index contributed by atoms with van der Waals surface area (Å²) in [4.78, 5) is 6.50. The van der Waals surface area contributed by atoms with Crippen molar-refractivity contribution in [2.24, 2.45) is 0 Å². The molecule has 1 unspecified atom stereocenters. The standard InChI is InChI=1S/C14H25N5O2S.ClH/c1-12(2)18-10-14(16-11-18)22(20,21)19-6-3-13(9-19)17-7-4-15-5-8-17;/h10-13,15H,3-9H2,1-2H3;1H. The molecule has 1 N–H and O–H groups in total. The van der Waals surface area contributed by atoms with E-state index >= 15 is 0 Å². The Balaban J connectivity index is 0.00000192. The van der Waals surface area contributed by atoms with E-state index in [1.807, 2.05) is 18.4 Å². The SMILES string of the molecule is CC(C)n1cnc(S(=O)(=O)N2CCC(N3CCNCC3)C2)c1.Cl. The van der Waals surface area contributed by atoms with Crippen LogP contribution in [0, 0.1) is 0 Å². The van der Waals surface area contributed by atoms with Crippen molar-refractivity contribution >= 4 is 22.4 Å².